The Kier molecular flexibility index (Phi) is 5.10. The molecule has 0 aromatic carbocycles. The number of carbonyl (C=O) groups is 1. The van der Waals surface area contributed by atoms with Gasteiger partial charge in [-0.25, -0.2) is 9.97 Å². The third-order valence-electron chi connectivity index (χ3n) is 3.31. The first-order valence-electron chi connectivity index (χ1n) is 6.65. The van der Waals surface area contributed by atoms with E-state index in [0.717, 1.165) is 38.0 Å². The Morgan fingerprint density at radius 3 is 2.89 bits per heavy atom. The van der Waals surface area contributed by atoms with Gasteiger partial charge in [0.25, 0.3) is 0 Å². The van der Waals surface area contributed by atoms with Crippen LogP contribution in [-0.4, -0.2) is 29.0 Å². The van der Waals surface area contributed by atoms with Gasteiger partial charge in [-0.1, -0.05) is 11.6 Å². The van der Waals surface area contributed by atoms with Gasteiger partial charge >= 0.3 is 0 Å². The molecule has 0 bridgehead atoms. The Bertz CT molecular complexity index is 426. The lowest BCUT2D eigenvalue weighted by Gasteiger charge is -2.22. The highest BCUT2D eigenvalue weighted by molar-refractivity contribution is 6.29. The first kappa shape index (κ1) is 14.2. The van der Waals surface area contributed by atoms with Gasteiger partial charge in [0.15, 0.2) is 0 Å². The number of rotatable bonds is 4. The van der Waals surface area contributed by atoms with Crippen molar-refractivity contribution in [2.45, 2.75) is 32.6 Å². The summed E-state index contributed by atoms with van der Waals surface area (Å²) in [7, 11) is 0. The fraction of sp³-hybridized carbons (Fsp3) is 0.615. The van der Waals surface area contributed by atoms with Gasteiger partial charge in [0.1, 0.15) is 5.15 Å². The molecule has 2 rings (SSSR count). The summed E-state index contributed by atoms with van der Waals surface area (Å²) in [5, 5.41) is 6.37. The summed E-state index contributed by atoms with van der Waals surface area (Å²) < 4.78 is 0. The molecule has 2 N–H and O–H groups in total. The predicted molar refractivity (Wildman–Crippen MR) is 75.2 cm³/mol. The molecule has 0 atom stereocenters. The quantitative estimate of drug-likeness (QED) is 0.831. The second kappa shape index (κ2) is 6.82. The maximum Gasteiger partial charge on any atom is 0.231 e. The number of anilines is 1. The molecular weight excluding hydrogens is 264 g/mol. The lowest BCUT2D eigenvalue weighted by Crippen LogP contribution is -2.28. The summed E-state index contributed by atoms with van der Waals surface area (Å²) in [4.78, 5) is 19.9. The molecule has 1 aliphatic rings. The molecule has 2 heterocycles. The van der Waals surface area contributed by atoms with E-state index in [0.29, 0.717) is 23.4 Å². The molecule has 1 aromatic rings. The summed E-state index contributed by atoms with van der Waals surface area (Å²) in [6, 6.07) is 1.66. The Morgan fingerprint density at radius 2 is 2.21 bits per heavy atom. The summed E-state index contributed by atoms with van der Waals surface area (Å²) in [5.74, 6) is 0.898. The summed E-state index contributed by atoms with van der Waals surface area (Å²) >= 11 is 5.82. The third kappa shape index (κ3) is 4.76. The summed E-state index contributed by atoms with van der Waals surface area (Å²) in [6.07, 6.45) is 3.74. The van der Waals surface area contributed by atoms with E-state index in [1.54, 1.807) is 6.07 Å². The molecule has 1 fully saturated rings. The maximum absolute atomic E-state index is 11.8. The normalized spacial score (nSPS) is 16.3. The van der Waals surface area contributed by atoms with E-state index < -0.39 is 0 Å². The van der Waals surface area contributed by atoms with Crippen LogP contribution in [0.15, 0.2) is 6.07 Å². The molecule has 6 heteroatoms. The van der Waals surface area contributed by atoms with Crippen LogP contribution in [0.25, 0.3) is 0 Å². The lowest BCUT2D eigenvalue weighted by atomic mass is 9.93. The minimum atomic E-state index is -0.0415. The van der Waals surface area contributed by atoms with E-state index in [4.69, 9.17) is 11.6 Å². The lowest BCUT2D eigenvalue weighted by molar-refractivity contribution is -0.116. The monoisotopic (exact) mass is 282 g/mol. The van der Waals surface area contributed by atoms with Crippen LogP contribution in [0.1, 0.15) is 31.4 Å². The first-order valence-corrected chi connectivity index (χ1v) is 7.03. The van der Waals surface area contributed by atoms with Crippen molar-refractivity contribution in [3.8, 4) is 0 Å². The molecule has 0 radical (unpaired) electrons. The van der Waals surface area contributed by atoms with Crippen molar-refractivity contribution in [1.82, 2.24) is 15.3 Å². The van der Waals surface area contributed by atoms with Crippen LogP contribution in [0.4, 0.5) is 5.95 Å². The van der Waals surface area contributed by atoms with Crippen LogP contribution < -0.4 is 10.6 Å². The number of hydrogen-bond acceptors (Lipinski definition) is 4. The number of amides is 1. The predicted octanol–water partition coefficient (Wildman–Crippen LogP) is 2.16. The number of nitrogens with one attached hydrogen (secondary N) is 2. The SMILES string of the molecule is Cc1cc(Cl)nc(NC(=O)CCC2CCNCC2)n1. The molecule has 0 unspecified atom stereocenters. The molecule has 0 saturated carbocycles. The van der Waals surface area contributed by atoms with Crippen molar-refractivity contribution in [2.75, 3.05) is 18.4 Å². The number of carbonyl (C=O) groups excluding carboxylic acids is 1. The van der Waals surface area contributed by atoms with Crippen molar-refractivity contribution >= 4 is 23.5 Å². The number of aromatic nitrogens is 2. The fourth-order valence-electron chi connectivity index (χ4n) is 2.28. The van der Waals surface area contributed by atoms with E-state index in [1.807, 2.05) is 6.92 Å². The molecule has 1 amide bonds. The van der Waals surface area contributed by atoms with Crippen molar-refractivity contribution in [2.24, 2.45) is 5.92 Å². The molecular formula is C13H19ClN4O. The molecule has 1 aliphatic heterocycles. The van der Waals surface area contributed by atoms with Crippen LogP contribution in [0.3, 0.4) is 0 Å². The number of hydrogen-bond donors (Lipinski definition) is 2. The van der Waals surface area contributed by atoms with Gasteiger partial charge in [-0.15, -0.1) is 0 Å². The Morgan fingerprint density at radius 1 is 1.47 bits per heavy atom. The largest absolute Gasteiger partial charge is 0.317 e. The number of halogens is 1. The summed E-state index contributed by atoms with van der Waals surface area (Å²) in [6.45, 7) is 3.93. The van der Waals surface area contributed by atoms with Gasteiger partial charge in [0.2, 0.25) is 11.9 Å². The van der Waals surface area contributed by atoms with Gasteiger partial charge in [-0.2, -0.15) is 0 Å². The molecule has 19 heavy (non-hydrogen) atoms. The zero-order valence-electron chi connectivity index (χ0n) is 11.1. The highest BCUT2D eigenvalue weighted by Gasteiger charge is 2.15. The highest BCUT2D eigenvalue weighted by Crippen LogP contribution is 2.18. The molecule has 0 spiro atoms. The zero-order chi connectivity index (χ0) is 13.7. The van der Waals surface area contributed by atoms with E-state index in [1.165, 1.54) is 0 Å². The van der Waals surface area contributed by atoms with Gasteiger partial charge in [0.05, 0.1) is 0 Å². The van der Waals surface area contributed by atoms with Gasteiger partial charge in [0, 0.05) is 12.1 Å². The average Bonchev–Trinajstić information content (AvgIpc) is 2.36. The minimum Gasteiger partial charge on any atom is -0.317 e. The van der Waals surface area contributed by atoms with Crippen LogP contribution in [0, 0.1) is 12.8 Å². The second-order valence-electron chi connectivity index (χ2n) is 4.94. The van der Waals surface area contributed by atoms with Crippen LogP contribution in [0.5, 0.6) is 0 Å². The van der Waals surface area contributed by atoms with E-state index in [9.17, 15) is 4.79 Å². The van der Waals surface area contributed by atoms with Crippen molar-refractivity contribution < 1.29 is 4.79 Å². The van der Waals surface area contributed by atoms with Crippen molar-refractivity contribution in [3.05, 3.63) is 16.9 Å². The molecule has 1 aromatic heterocycles. The number of aryl methyl sites for hydroxylation is 1. The smallest absolute Gasteiger partial charge is 0.231 e. The first-order chi connectivity index (χ1) is 9.13. The summed E-state index contributed by atoms with van der Waals surface area (Å²) in [5.41, 5.74) is 0.744. The average molecular weight is 283 g/mol. The van der Waals surface area contributed by atoms with E-state index >= 15 is 0 Å². The van der Waals surface area contributed by atoms with Gasteiger partial charge < -0.3 is 5.32 Å². The third-order valence-corrected chi connectivity index (χ3v) is 3.51. The molecule has 0 aliphatic carbocycles. The zero-order valence-corrected chi connectivity index (χ0v) is 11.8. The number of piperidine rings is 1. The maximum atomic E-state index is 11.8. The van der Waals surface area contributed by atoms with Gasteiger partial charge in [-0.3, -0.25) is 10.1 Å². The molecule has 5 nitrogen and oxygen atoms in total. The Hall–Kier alpha value is -1.20. The molecule has 1 saturated heterocycles. The standard InChI is InChI=1S/C13H19ClN4O/c1-9-8-11(14)17-13(16-9)18-12(19)3-2-10-4-6-15-7-5-10/h8,10,15H,2-7H2,1H3,(H,16,17,18,19). The van der Waals surface area contributed by atoms with Crippen LogP contribution in [0.2, 0.25) is 5.15 Å². The highest BCUT2D eigenvalue weighted by atomic mass is 35.5. The molecule has 104 valence electrons. The second-order valence-corrected chi connectivity index (χ2v) is 5.32. The minimum absolute atomic E-state index is 0.0415. The fourth-order valence-corrected chi connectivity index (χ4v) is 2.52. The number of nitrogens with zero attached hydrogens (tertiary/aromatic N) is 2. The van der Waals surface area contributed by atoms with Crippen molar-refractivity contribution in [3.63, 3.8) is 0 Å². The van der Waals surface area contributed by atoms with Gasteiger partial charge in [-0.05, 0) is 51.3 Å². The van der Waals surface area contributed by atoms with Crippen LogP contribution in [-0.2, 0) is 4.79 Å². The van der Waals surface area contributed by atoms with E-state index in [-0.39, 0.29) is 5.91 Å². The van der Waals surface area contributed by atoms with Crippen LogP contribution >= 0.6 is 11.6 Å². The topological polar surface area (TPSA) is 66.9 Å². The Labute approximate surface area is 118 Å². The van der Waals surface area contributed by atoms with E-state index in [2.05, 4.69) is 20.6 Å². The Balaban J connectivity index is 1.80. The van der Waals surface area contributed by atoms with Crippen molar-refractivity contribution in [1.29, 1.82) is 0 Å².